The number of hydrogen-bond acceptors (Lipinski definition) is 3. The third-order valence-electron chi connectivity index (χ3n) is 2.29. The minimum atomic E-state index is -1.48. The SMILES string of the molecule is C[Si](C)(C)Oc1ccc(NC2COC2)cc1. The van der Waals surface area contributed by atoms with E-state index in [9.17, 15) is 0 Å². The van der Waals surface area contributed by atoms with Crippen LogP contribution in [0.5, 0.6) is 5.75 Å². The molecule has 4 heteroatoms. The molecule has 1 N–H and O–H groups in total. The fraction of sp³-hybridized carbons (Fsp3) is 0.500. The Balaban J connectivity index is 1.93. The average Bonchev–Trinajstić information content (AvgIpc) is 2.11. The van der Waals surface area contributed by atoms with E-state index >= 15 is 0 Å². The van der Waals surface area contributed by atoms with Gasteiger partial charge >= 0.3 is 0 Å². The zero-order valence-electron chi connectivity index (χ0n) is 10.1. The van der Waals surface area contributed by atoms with Crippen LogP contribution in [0, 0.1) is 0 Å². The van der Waals surface area contributed by atoms with Crippen LogP contribution in [0.25, 0.3) is 0 Å². The zero-order valence-corrected chi connectivity index (χ0v) is 11.1. The molecule has 88 valence electrons. The highest BCUT2D eigenvalue weighted by atomic mass is 28.4. The normalized spacial score (nSPS) is 16.7. The van der Waals surface area contributed by atoms with Crippen molar-refractivity contribution in [1.29, 1.82) is 0 Å². The summed E-state index contributed by atoms with van der Waals surface area (Å²) < 4.78 is 11.0. The maximum absolute atomic E-state index is 5.89. The summed E-state index contributed by atoms with van der Waals surface area (Å²) in [4.78, 5) is 0. The molecule has 0 amide bonds. The van der Waals surface area contributed by atoms with Gasteiger partial charge in [-0.15, -0.1) is 0 Å². The summed E-state index contributed by atoms with van der Waals surface area (Å²) in [6.07, 6.45) is 0. The molecular formula is C12H19NO2Si. The number of anilines is 1. The lowest BCUT2D eigenvalue weighted by molar-refractivity contribution is 0.0211. The fourth-order valence-corrected chi connectivity index (χ4v) is 2.37. The van der Waals surface area contributed by atoms with Crippen LogP contribution in [0.15, 0.2) is 24.3 Å². The topological polar surface area (TPSA) is 30.5 Å². The van der Waals surface area contributed by atoms with Gasteiger partial charge in [-0.05, 0) is 43.9 Å². The molecule has 0 spiro atoms. The average molecular weight is 237 g/mol. The third kappa shape index (κ3) is 3.25. The minimum absolute atomic E-state index is 0.476. The first kappa shape index (κ1) is 11.5. The van der Waals surface area contributed by atoms with Gasteiger partial charge in [-0.25, -0.2) is 0 Å². The first-order valence-electron chi connectivity index (χ1n) is 5.66. The van der Waals surface area contributed by atoms with Crippen LogP contribution >= 0.6 is 0 Å². The van der Waals surface area contributed by atoms with Gasteiger partial charge in [-0.1, -0.05) is 0 Å². The molecule has 16 heavy (non-hydrogen) atoms. The molecule has 0 atom stereocenters. The Labute approximate surface area is 97.9 Å². The van der Waals surface area contributed by atoms with E-state index in [4.69, 9.17) is 9.16 Å². The van der Waals surface area contributed by atoms with E-state index in [-0.39, 0.29) is 0 Å². The molecule has 1 aliphatic heterocycles. The van der Waals surface area contributed by atoms with Crippen molar-refractivity contribution in [2.24, 2.45) is 0 Å². The molecule has 1 saturated heterocycles. The van der Waals surface area contributed by atoms with Gasteiger partial charge in [0.1, 0.15) is 5.75 Å². The molecule has 1 aromatic carbocycles. The van der Waals surface area contributed by atoms with Gasteiger partial charge in [0.25, 0.3) is 0 Å². The van der Waals surface area contributed by atoms with Gasteiger partial charge in [0, 0.05) is 5.69 Å². The largest absolute Gasteiger partial charge is 0.544 e. The second-order valence-electron chi connectivity index (χ2n) is 5.12. The van der Waals surface area contributed by atoms with E-state index < -0.39 is 8.32 Å². The lowest BCUT2D eigenvalue weighted by atomic mass is 10.2. The maximum atomic E-state index is 5.89. The molecule has 0 aromatic heterocycles. The van der Waals surface area contributed by atoms with Gasteiger partial charge in [0.05, 0.1) is 19.3 Å². The Morgan fingerprint density at radius 1 is 1.19 bits per heavy atom. The van der Waals surface area contributed by atoms with Crippen LogP contribution in [0.3, 0.4) is 0 Å². The fourth-order valence-electron chi connectivity index (χ4n) is 1.53. The molecule has 0 bridgehead atoms. The highest BCUT2D eigenvalue weighted by Crippen LogP contribution is 2.20. The van der Waals surface area contributed by atoms with Crippen molar-refractivity contribution in [1.82, 2.24) is 0 Å². The predicted octanol–water partition coefficient (Wildman–Crippen LogP) is 2.71. The Hall–Kier alpha value is -1.00. The zero-order chi connectivity index (χ0) is 11.6. The molecule has 0 radical (unpaired) electrons. The molecule has 0 aliphatic carbocycles. The number of ether oxygens (including phenoxy) is 1. The summed E-state index contributed by atoms with van der Waals surface area (Å²) in [7, 11) is -1.48. The molecule has 3 nitrogen and oxygen atoms in total. The Bertz CT molecular complexity index is 341. The van der Waals surface area contributed by atoms with E-state index in [0.29, 0.717) is 6.04 Å². The first-order valence-corrected chi connectivity index (χ1v) is 9.07. The van der Waals surface area contributed by atoms with Gasteiger partial charge < -0.3 is 14.5 Å². The molecule has 1 fully saturated rings. The summed E-state index contributed by atoms with van der Waals surface area (Å²) >= 11 is 0. The molecule has 1 aliphatic rings. The Morgan fingerprint density at radius 3 is 2.25 bits per heavy atom. The van der Waals surface area contributed by atoms with E-state index in [1.165, 1.54) is 0 Å². The highest BCUT2D eigenvalue weighted by Gasteiger charge is 2.18. The van der Waals surface area contributed by atoms with Crippen LogP contribution in [0.4, 0.5) is 5.69 Å². The standard InChI is InChI=1S/C12H19NO2Si/c1-16(2,3)15-12-6-4-10(5-7-12)13-11-8-14-9-11/h4-7,11,13H,8-9H2,1-3H3. The number of benzene rings is 1. The van der Waals surface area contributed by atoms with Crippen molar-refractivity contribution in [2.75, 3.05) is 18.5 Å². The van der Waals surface area contributed by atoms with Crippen molar-refractivity contribution >= 4 is 14.0 Å². The first-order chi connectivity index (χ1) is 7.53. The lowest BCUT2D eigenvalue weighted by Gasteiger charge is -2.28. The van der Waals surface area contributed by atoms with Crippen molar-refractivity contribution in [2.45, 2.75) is 25.7 Å². The second-order valence-corrected chi connectivity index (χ2v) is 9.55. The summed E-state index contributed by atoms with van der Waals surface area (Å²) in [6.45, 7) is 8.18. The molecule has 2 rings (SSSR count). The van der Waals surface area contributed by atoms with Crippen LogP contribution < -0.4 is 9.74 Å². The maximum Gasteiger partial charge on any atom is 0.242 e. The van der Waals surface area contributed by atoms with Crippen LogP contribution in [-0.4, -0.2) is 27.6 Å². The second kappa shape index (κ2) is 4.47. The summed E-state index contributed by atoms with van der Waals surface area (Å²) in [6, 6.07) is 8.66. The van der Waals surface area contributed by atoms with Gasteiger partial charge in [0.2, 0.25) is 8.32 Å². The minimum Gasteiger partial charge on any atom is -0.544 e. The Kier molecular flexibility index (Phi) is 3.21. The molecule has 0 saturated carbocycles. The quantitative estimate of drug-likeness (QED) is 0.817. The monoisotopic (exact) mass is 237 g/mol. The van der Waals surface area contributed by atoms with Gasteiger partial charge in [0.15, 0.2) is 0 Å². The highest BCUT2D eigenvalue weighted by molar-refractivity contribution is 6.70. The van der Waals surface area contributed by atoms with E-state index in [1.807, 2.05) is 12.1 Å². The van der Waals surface area contributed by atoms with Gasteiger partial charge in [-0.3, -0.25) is 0 Å². The Morgan fingerprint density at radius 2 is 1.81 bits per heavy atom. The smallest absolute Gasteiger partial charge is 0.242 e. The van der Waals surface area contributed by atoms with Crippen molar-refractivity contribution < 1.29 is 9.16 Å². The lowest BCUT2D eigenvalue weighted by Crippen LogP contribution is -2.40. The number of hydrogen-bond donors (Lipinski definition) is 1. The summed E-state index contributed by atoms with van der Waals surface area (Å²) in [5.74, 6) is 0.967. The summed E-state index contributed by atoms with van der Waals surface area (Å²) in [5, 5.41) is 3.40. The van der Waals surface area contributed by atoms with Crippen LogP contribution in [-0.2, 0) is 4.74 Å². The third-order valence-corrected chi connectivity index (χ3v) is 3.14. The molecule has 1 heterocycles. The molecule has 1 aromatic rings. The van der Waals surface area contributed by atoms with Crippen molar-refractivity contribution in [3.63, 3.8) is 0 Å². The molecular weight excluding hydrogens is 218 g/mol. The number of rotatable bonds is 4. The van der Waals surface area contributed by atoms with Gasteiger partial charge in [-0.2, -0.15) is 0 Å². The van der Waals surface area contributed by atoms with Crippen molar-refractivity contribution in [3.05, 3.63) is 24.3 Å². The van der Waals surface area contributed by atoms with Crippen LogP contribution in [0.1, 0.15) is 0 Å². The van der Waals surface area contributed by atoms with Crippen molar-refractivity contribution in [3.8, 4) is 5.75 Å². The number of nitrogens with one attached hydrogen (secondary N) is 1. The van der Waals surface area contributed by atoms with E-state index in [0.717, 1.165) is 24.7 Å². The predicted molar refractivity (Wildman–Crippen MR) is 68.6 cm³/mol. The van der Waals surface area contributed by atoms with E-state index in [2.05, 4.69) is 37.1 Å². The van der Waals surface area contributed by atoms with Crippen LogP contribution in [0.2, 0.25) is 19.6 Å². The summed E-state index contributed by atoms with van der Waals surface area (Å²) in [5.41, 5.74) is 1.14. The van der Waals surface area contributed by atoms with E-state index in [1.54, 1.807) is 0 Å². The molecule has 0 unspecified atom stereocenters.